The third-order valence-electron chi connectivity index (χ3n) is 1.83. The maximum absolute atomic E-state index is 9.95. The van der Waals surface area contributed by atoms with E-state index in [2.05, 4.69) is 9.98 Å². The van der Waals surface area contributed by atoms with E-state index in [0.717, 1.165) is 25.7 Å². The second-order valence-electron chi connectivity index (χ2n) is 2.75. The molecule has 0 radical (unpaired) electrons. The van der Waals surface area contributed by atoms with E-state index in [-0.39, 0.29) is 6.04 Å². The molecule has 0 spiro atoms. The van der Waals surface area contributed by atoms with E-state index in [4.69, 9.17) is 0 Å². The number of hydrogen-bond acceptors (Lipinski definition) is 4. The zero-order valence-electron chi connectivity index (χ0n) is 7.82. The summed E-state index contributed by atoms with van der Waals surface area (Å²) in [5.41, 5.74) is 0. The summed E-state index contributed by atoms with van der Waals surface area (Å²) in [5.74, 6) is 0. The SMILES string of the molecule is CCC(CCCCN=C=O)N=C=O. The summed E-state index contributed by atoms with van der Waals surface area (Å²) in [5, 5.41) is 0. The molecule has 0 saturated carbocycles. The second-order valence-corrected chi connectivity index (χ2v) is 2.75. The molecule has 0 rings (SSSR count). The Morgan fingerprint density at radius 3 is 2.54 bits per heavy atom. The molecule has 0 aliphatic carbocycles. The Hall–Kier alpha value is -1.24. The lowest BCUT2D eigenvalue weighted by atomic mass is 10.1. The molecule has 1 atom stereocenters. The Labute approximate surface area is 77.8 Å². The molecule has 72 valence electrons. The summed E-state index contributed by atoms with van der Waals surface area (Å²) in [6, 6.07) is 0.0812. The Bertz CT molecular complexity index is 216. The van der Waals surface area contributed by atoms with E-state index in [1.165, 1.54) is 6.08 Å². The smallest absolute Gasteiger partial charge is 0.211 e. The molecule has 0 bridgehead atoms. The lowest BCUT2D eigenvalue weighted by molar-refractivity contribution is 0.530. The average Bonchev–Trinajstić information content (AvgIpc) is 2.16. The van der Waals surface area contributed by atoms with Crippen molar-refractivity contribution >= 4 is 12.2 Å². The van der Waals surface area contributed by atoms with E-state index in [0.29, 0.717) is 6.54 Å². The first-order valence-corrected chi connectivity index (χ1v) is 4.45. The van der Waals surface area contributed by atoms with Crippen LogP contribution >= 0.6 is 0 Å². The van der Waals surface area contributed by atoms with Crippen molar-refractivity contribution in [2.45, 2.75) is 38.6 Å². The first kappa shape index (κ1) is 11.8. The predicted octanol–water partition coefficient (Wildman–Crippen LogP) is 1.61. The maximum Gasteiger partial charge on any atom is 0.235 e. The summed E-state index contributed by atoms with van der Waals surface area (Å²) in [4.78, 5) is 26.7. The highest BCUT2D eigenvalue weighted by Crippen LogP contribution is 2.07. The summed E-state index contributed by atoms with van der Waals surface area (Å²) in [6.45, 7) is 2.50. The van der Waals surface area contributed by atoms with Crippen LogP contribution in [0.2, 0.25) is 0 Å². The molecule has 4 heteroatoms. The summed E-state index contributed by atoms with van der Waals surface area (Å²) in [7, 11) is 0. The fourth-order valence-corrected chi connectivity index (χ4v) is 1.05. The van der Waals surface area contributed by atoms with Crippen molar-refractivity contribution in [1.82, 2.24) is 0 Å². The van der Waals surface area contributed by atoms with Gasteiger partial charge in [0.2, 0.25) is 12.2 Å². The summed E-state index contributed by atoms with van der Waals surface area (Å²) in [6.07, 6.45) is 6.53. The molecule has 0 aliphatic rings. The fraction of sp³-hybridized carbons (Fsp3) is 0.778. The molecule has 0 aromatic rings. The van der Waals surface area contributed by atoms with Crippen molar-refractivity contribution in [2.24, 2.45) is 9.98 Å². The molecule has 0 aliphatic heterocycles. The van der Waals surface area contributed by atoms with Crippen LogP contribution in [-0.2, 0) is 9.59 Å². The van der Waals surface area contributed by atoms with Crippen LogP contribution < -0.4 is 0 Å². The van der Waals surface area contributed by atoms with Gasteiger partial charge >= 0.3 is 0 Å². The first-order chi connectivity index (χ1) is 6.35. The molecular formula is C9H14N2O2. The zero-order valence-corrected chi connectivity index (χ0v) is 7.82. The third-order valence-corrected chi connectivity index (χ3v) is 1.83. The van der Waals surface area contributed by atoms with Crippen LogP contribution in [-0.4, -0.2) is 24.7 Å². The van der Waals surface area contributed by atoms with Crippen molar-refractivity contribution in [3.8, 4) is 0 Å². The molecule has 4 nitrogen and oxygen atoms in total. The quantitative estimate of drug-likeness (QED) is 0.341. The Morgan fingerprint density at radius 2 is 2.00 bits per heavy atom. The molecule has 0 fully saturated rings. The first-order valence-electron chi connectivity index (χ1n) is 4.45. The van der Waals surface area contributed by atoms with Gasteiger partial charge in [-0.2, -0.15) is 0 Å². The lowest BCUT2D eigenvalue weighted by Crippen LogP contribution is -2.01. The second kappa shape index (κ2) is 8.85. The largest absolute Gasteiger partial charge is 0.235 e. The van der Waals surface area contributed by atoms with Crippen molar-refractivity contribution in [1.29, 1.82) is 0 Å². The van der Waals surface area contributed by atoms with Crippen LogP contribution in [0.3, 0.4) is 0 Å². The minimum atomic E-state index is 0.0812. The lowest BCUT2D eigenvalue weighted by Gasteiger charge is -2.05. The molecule has 0 aromatic carbocycles. The van der Waals surface area contributed by atoms with Gasteiger partial charge in [0.05, 0.1) is 12.6 Å². The normalized spacial score (nSPS) is 11.2. The maximum atomic E-state index is 9.95. The Morgan fingerprint density at radius 1 is 1.23 bits per heavy atom. The van der Waals surface area contributed by atoms with Gasteiger partial charge in [0, 0.05) is 0 Å². The van der Waals surface area contributed by atoms with E-state index >= 15 is 0 Å². The van der Waals surface area contributed by atoms with Crippen molar-refractivity contribution in [2.75, 3.05) is 6.54 Å². The van der Waals surface area contributed by atoms with E-state index in [9.17, 15) is 9.59 Å². The monoisotopic (exact) mass is 182 g/mol. The molecule has 0 aromatic heterocycles. The number of nitrogens with zero attached hydrogens (tertiary/aromatic N) is 2. The van der Waals surface area contributed by atoms with Gasteiger partial charge in [-0.1, -0.05) is 6.92 Å². The predicted molar refractivity (Wildman–Crippen MR) is 49.0 cm³/mol. The van der Waals surface area contributed by atoms with Gasteiger partial charge in [-0.25, -0.2) is 19.6 Å². The number of hydrogen-bond donors (Lipinski definition) is 0. The Balaban J connectivity index is 3.48. The van der Waals surface area contributed by atoms with Crippen LogP contribution in [0.15, 0.2) is 9.98 Å². The van der Waals surface area contributed by atoms with Gasteiger partial charge in [-0.05, 0) is 25.7 Å². The van der Waals surface area contributed by atoms with Gasteiger partial charge in [0.1, 0.15) is 0 Å². The van der Waals surface area contributed by atoms with Crippen molar-refractivity contribution in [3.63, 3.8) is 0 Å². The molecular weight excluding hydrogens is 168 g/mol. The highest BCUT2D eigenvalue weighted by atomic mass is 16.1. The standard InChI is InChI=1S/C9H14N2O2/c1-2-9(11-8-13)5-3-4-6-10-7-12/h9H,2-6H2,1H3. The van der Waals surface area contributed by atoms with E-state index < -0.39 is 0 Å². The van der Waals surface area contributed by atoms with E-state index in [1.807, 2.05) is 6.92 Å². The summed E-state index contributed by atoms with van der Waals surface area (Å²) >= 11 is 0. The minimum Gasteiger partial charge on any atom is -0.211 e. The number of isocyanates is 2. The molecule has 0 amide bonds. The topological polar surface area (TPSA) is 58.9 Å². The molecule has 0 heterocycles. The number of aliphatic imine (C=N–C) groups is 2. The van der Waals surface area contributed by atoms with Gasteiger partial charge in [-0.15, -0.1) is 0 Å². The fourth-order valence-electron chi connectivity index (χ4n) is 1.05. The number of unbranched alkanes of at least 4 members (excludes halogenated alkanes) is 1. The molecule has 0 N–H and O–H groups in total. The molecule has 13 heavy (non-hydrogen) atoms. The zero-order chi connectivity index (χ0) is 9.94. The van der Waals surface area contributed by atoms with Gasteiger partial charge in [-0.3, -0.25) is 0 Å². The Kier molecular flexibility index (Phi) is 8.01. The summed E-state index contributed by atoms with van der Waals surface area (Å²) < 4.78 is 0. The van der Waals surface area contributed by atoms with Crippen LogP contribution in [0.4, 0.5) is 0 Å². The van der Waals surface area contributed by atoms with Crippen LogP contribution in [0.5, 0.6) is 0 Å². The third kappa shape index (κ3) is 7.13. The van der Waals surface area contributed by atoms with Crippen molar-refractivity contribution in [3.05, 3.63) is 0 Å². The van der Waals surface area contributed by atoms with Gasteiger partial charge < -0.3 is 0 Å². The average molecular weight is 182 g/mol. The highest BCUT2D eigenvalue weighted by molar-refractivity contribution is 5.33. The minimum absolute atomic E-state index is 0.0812. The molecule has 0 saturated heterocycles. The van der Waals surface area contributed by atoms with Crippen LogP contribution in [0.1, 0.15) is 32.6 Å². The number of rotatable bonds is 7. The van der Waals surface area contributed by atoms with Gasteiger partial charge in [0.25, 0.3) is 0 Å². The van der Waals surface area contributed by atoms with Crippen LogP contribution in [0, 0.1) is 0 Å². The van der Waals surface area contributed by atoms with Gasteiger partial charge in [0.15, 0.2) is 0 Å². The molecule has 1 unspecified atom stereocenters. The van der Waals surface area contributed by atoms with E-state index in [1.54, 1.807) is 6.08 Å². The van der Waals surface area contributed by atoms with Crippen LogP contribution in [0.25, 0.3) is 0 Å². The van der Waals surface area contributed by atoms with Crippen molar-refractivity contribution < 1.29 is 9.59 Å². The highest BCUT2D eigenvalue weighted by Gasteiger charge is 2.02. The number of carbonyl (C=O) groups excluding carboxylic acids is 2.